The number of hydrogen-bond donors (Lipinski definition) is 0. The zero-order valence-corrected chi connectivity index (χ0v) is 12.2. The average molecular weight is 262 g/mol. The van der Waals surface area contributed by atoms with Gasteiger partial charge in [0, 0.05) is 6.42 Å². The van der Waals surface area contributed by atoms with Crippen LogP contribution in [0, 0.1) is 0 Å². The molecule has 0 aliphatic rings. The largest absolute Gasteiger partial charge is 0.466 e. The number of carbonyl (C=O) groups is 1. The van der Waals surface area contributed by atoms with Gasteiger partial charge in [0.1, 0.15) is 0 Å². The van der Waals surface area contributed by atoms with Crippen molar-refractivity contribution in [3.05, 3.63) is 35.9 Å². The van der Waals surface area contributed by atoms with Crippen LogP contribution in [-0.2, 0) is 9.53 Å². The molecular formula is C17H26O2. The van der Waals surface area contributed by atoms with E-state index in [0.717, 1.165) is 32.1 Å². The molecule has 0 saturated heterocycles. The van der Waals surface area contributed by atoms with Crippen molar-refractivity contribution in [1.29, 1.82) is 0 Å². The second kappa shape index (κ2) is 9.60. The van der Waals surface area contributed by atoms with Gasteiger partial charge < -0.3 is 4.74 Å². The summed E-state index contributed by atoms with van der Waals surface area (Å²) >= 11 is 0. The molecule has 0 radical (unpaired) electrons. The number of carbonyl (C=O) groups excluding carboxylic acids is 1. The van der Waals surface area contributed by atoms with Crippen molar-refractivity contribution in [3.63, 3.8) is 0 Å². The lowest BCUT2D eigenvalue weighted by molar-refractivity contribution is -0.143. The highest BCUT2D eigenvalue weighted by molar-refractivity contribution is 5.69. The van der Waals surface area contributed by atoms with E-state index in [-0.39, 0.29) is 5.97 Å². The molecular weight excluding hydrogens is 236 g/mol. The van der Waals surface area contributed by atoms with Gasteiger partial charge in [-0.3, -0.25) is 4.79 Å². The van der Waals surface area contributed by atoms with E-state index < -0.39 is 0 Å². The Labute approximate surface area is 117 Å². The van der Waals surface area contributed by atoms with Crippen LogP contribution in [0.4, 0.5) is 0 Å². The van der Waals surface area contributed by atoms with Crippen molar-refractivity contribution in [2.75, 3.05) is 6.61 Å². The zero-order chi connectivity index (χ0) is 13.9. The summed E-state index contributed by atoms with van der Waals surface area (Å²) in [5, 5.41) is 0. The summed E-state index contributed by atoms with van der Waals surface area (Å²) in [7, 11) is 0. The molecule has 0 saturated carbocycles. The minimum atomic E-state index is -0.0436. The van der Waals surface area contributed by atoms with Crippen LogP contribution in [-0.4, -0.2) is 12.6 Å². The maximum atomic E-state index is 11.3. The van der Waals surface area contributed by atoms with E-state index in [1.54, 1.807) is 0 Å². The van der Waals surface area contributed by atoms with E-state index in [4.69, 9.17) is 4.74 Å². The van der Waals surface area contributed by atoms with Crippen LogP contribution < -0.4 is 0 Å². The molecule has 0 aliphatic carbocycles. The first-order chi connectivity index (χ1) is 9.24. The number of hydrogen-bond acceptors (Lipinski definition) is 2. The number of benzene rings is 1. The predicted octanol–water partition coefficient (Wildman–Crippen LogP) is 4.69. The van der Waals surface area contributed by atoms with Crippen LogP contribution in [0.15, 0.2) is 30.3 Å². The molecule has 106 valence electrons. The van der Waals surface area contributed by atoms with Gasteiger partial charge in [0.15, 0.2) is 0 Å². The van der Waals surface area contributed by atoms with Gasteiger partial charge in [-0.05, 0) is 37.2 Å². The topological polar surface area (TPSA) is 26.3 Å². The van der Waals surface area contributed by atoms with Crippen LogP contribution in [0.2, 0.25) is 0 Å². The Hall–Kier alpha value is -1.31. The van der Waals surface area contributed by atoms with Crippen molar-refractivity contribution in [2.24, 2.45) is 0 Å². The van der Waals surface area contributed by atoms with E-state index in [1.807, 2.05) is 6.07 Å². The van der Waals surface area contributed by atoms with Crippen LogP contribution in [0.25, 0.3) is 0 Å². The van der Waals surface area contributed by atoms with Gasteiger partial charge >= 0.3 is 5.97 Å². The van der Waals surface area contributed by atoms with E-state index in [0.29, 0.717) is 18.9 Å². The molecule has 0 N–H and O–H groups in total. The van der Waals surface area contributed by atoms with Gasteiger partial charge in [0.05, 0.1) is 6.61 Å². The fourth-order valence-corrected chi connectivity index (χ4v) is 2.08. The minimum absolute atomic E-state index is 0.0436. The van der Waals surface area contributed by atoms with Crippen LogP contribution in [0.1, 0.15) is 63.9 Å². The molecule has 0 fully saturated rings. The summed E-state index contributed by atoms with van der Waals surface area (Å²) < 4.78 is 5.19. The molecule has 0 spiro atoms. The van der Waals surface area contributed by atoms with E-state index >= 15 is 0 Å². The Morgan fingerprint density at radius 2 is 1.89 bits per heavy atom. The Balaban J connectivity index is 2.06. The summed E-state index contributed by atoms with van der Waals surface area (Å²) in [5.74, 6) is 0.537. The molecule has 0 amide bonds. The highest BCUT2D eigenvalue weighted by atomic mass is 16.5. The maximum absolute atomic E-state index is 11.3. The summed E-state index contributed by atoms with van der Waals surface area (Å²) in [6.45, 7) is 4.91. The first kappa shape index (κ1) is 15.7. The Morgan fingerprint density at radius 3 is 2.58 bits per heavy atom. The second-order valence-electron chi connectivity index (χ2n) is 5.13. The molecule has 0 aliphatic heterocycles. The highest BCUT2D eigenvalue weighted by Crippen LogP contribution is 2.20. The van der Waals surface area contributed by atoms with Crippen molar-refractivity contribution in [3.8, 4) is 0 Å². The molecule has 2 nitrogen and oxygen atoms in total. The fourth-order valence-electron chi connectivity index (χ4n) is 2.08. The lowest BCUT2D eigenvalue weighted by Gasteiger charge is -2.11. The van der Waals surface area contributed by atoms with Crippen molar-refractivity contribution >= 4 is 5.97 Å². The third kappa shape index (κ3) is 7.00. The lowest BCUT2D eigenvalue weighted by atomic mass is 9.96. The Kier molecular flexibility index (Phi) is 7.95. The van der Waals surface area contributed by atoms with Gasteiger partial charge in [-0.2, -0.15) is 0 Å². The molecule has 1 rings (SSSR count). The quantitative estimate of drug-likeness (QED) is 0.476. The molecule has 0 aromatic heterocycles. The maximum Gasteiger partial charge on any atom is 0.305 e. The van der Waals surface area contributed by atoms with E-state index in [1.165, 1.54) is 5.56 Å². The standard InChI is InChI=1S/C17H26O2/c1-3-4-13-17(18)19-14-9-8-10-15(2)16-11-6-5-7-12-16/h5-7,11-12,15H,3-4,8-10,13-14H2,1-2H3. The van der Waals surface area contributed by atoms with Gasteiger partial charge in [-0.1, -0.05) is 50.6 Å². The summed E-state index contributed by atoms with van der Waals surface area (Å²) in [4.78, 5) is 11.3. The van der Waals surface area contributed by atoms with Crippen LogP contribution in [0.5, 0.6) is 0 Å². The SMILES string of the molecule is CCCCC(=O)OCCCCC(C)c1ccccc1. The van der Waals surface area contributed by atoms with Gasteiger partial charge in [-0.25, -0.2) is 0 Å². The Bertz CT molecular complexity index is 346. The van der Waals surface area contributed by atoms with Gasteiger partial charge in [0.2, 0.25) is 0 Å². The Morgan fingerprint density at radius 1 is 1.16 bits per heavy atom. The van der Waals surface area contributed by atoms with E-state index in [2.05, 4.69) is 38.1 Å². The third-order valence-electron chi connectivity index (χ3n) is 3.40. The normalized spacial score (nSPS) is 12.1. The number of rotatable bonds is 9. The van der Waals surface area contributed by atoms with Crippen LogP contribution >= 0.6 is 0 Å². The summed E-state index contributed by atoms with van der Waals surface area (Å²) in [6, 6.07) is 10.6. The lowest BCUT2D eigenvalue weighted by Crippen LogP contribution is -2.05. The first-order valence-corrected chi connectivity index (χ1v) is 7.44. The average Bonchev–Trinajstić information content (AvgIpc) is 2.45. The molecule has 1 unspecified atom stereocenters. The number of esters is 1. The minimum Gasteiger partial charge on any atom is -0.466 e. The smallest absolute Gasteiger partial charge is 0.305 e. The number of unbranched alkanes of at least 4 members (excludes halogenated alkanes) is 2. The van der Waals surface area contributed by atoms with Crippen molar-refractivity contribution in [2.45, 2.75) is 58.3 Å². The second-order valence-corrected chi connectivity index (χ2v) is 5.13. The molecule has 2 heteroatoms. The van der Waals surface area contributed by atoms with Crippen molar-refractivity contribution in [1.82, 2.24) is 0 Å². The summed E-state index contributed by atoms with van der Waals surface area (Å²) in [5.41, 5.74) is 1.39. The number of ether oxygens (including phenoxy) is 1. The van der Waals surface area contributed by atoms with Gasteiger partial charge in [0.25, 0.3) is 0 Å². The molecule has 1 atom stereocenters. The van der Waals surface area contributed by atoms with E-state index in [9.17, 15) is 4.79 Å². The molecule has 19 heavy (non-hydrogen) atoms. The van der Waals surface area contributed by atoms with Crippen LogP contribution in [0.3, 0.4) is 0 Å². The van der Waals surface area contributed by atoms with Gasteiger partial charge in [-0.15, -0.1) is 0 Å². The predicted molar refractivity (Wildman–Crippen MR) is 79.2 cm³/mol. The first-order valence-electron chi connectivity index (χ1n) is 7.44. The highest BCUT2D eigenvalue weighted by Gasteiger charge is 2.05. The summed E-state index contributed by atoms with van der Waals surface area (Å²) in [6.07, 6.45) is 5.77. The monoisotopic (exact) mass is 262 g/mol. The fraction of sp³-hybridized carbons (Fsp3) is 0.588. The molecule has 0 bridgehead atoms. The van der Waals surface area contributed by atoms with Crippen molar-refractivity contribution < 1.29 is 9.53 Å². The molecule has 1 aromatic carbocycles. The zero-order valence-electron chi connectivity index (χ0n) is 12.2. The molecule has 1 aromatic rings. The third-order valence-corrected chi connectivity index (χ3v) is 3.40. The molecule has 0 heterocycles.